The molecule has 1 N–H and O–H groups in total. The fourth-order valence-electron chi connectivity index (χ4n) is 2.62. The number of ether oxygens (including phenoxy) is 1. The van der Waals surface area contributed by atoms with Crippen molar-refractivity contribution in [1.29, 1.82) is 0 Å². The molecule has 0 amide bonds. The lowest BCUT2D eigenvalue weighted by Gasteiger charge is -2.16. The van der Waals surface area contributed by atoms with E-state index in [2.05, 4.69) is 25.8 Å². The van der Waals surface area contributed by atoms with Crippen LogP contribution in [0, 0.1) is 6.92 Å². The number of hydrogen-bond acceptors (Lipinski definition) is 4. The van der Waals surface area contributed by atoms with Crippen LogP contribution in [0.3, 0.4) is 0 Å². The average molecular weight is 455 g/mol. The third-order valence-electron chi connectivity index (χ3n) is 3.87. The quantitative estimate of drug-likeness (QED) is 0.564. The van der Waals surface area contributed by atoms with Gasteiger partial charge in [-0.3, -0.25) is 4.79 Å². The highest BCUT2D eigenvalue weighted by atomic mass is 79.9. The van der Waals surface area contributed by atoms with Gasteiger partial charge in [-0.05, 0) is 55.5 Å². The molecule has 0 bridgehead atoms. The van der Waals surface area contributed by atoms with E-state index in [0.29, 0.717) is 15.7 Å². The number of carbonyl (C=O) groups is 1. The summed E-state index contributed by atoms with van der Waals surface area (Å²) in [6.07, 6.45) is -4.66. The topological polar surface area (TPSA) is 64.4 Å². The third kappa shape index (κ3) is 4.60. The van der Waals surface area contributed by atoms with Gasteiger partial charge in [0.15, 0.2) is 5.78 Å². The lowest BCUT2D eigenvalue weighted by atomic mass is 9.98. The van der Waals surface area contributed by atoms with Gasteiger partial charge in [0, 0.05) is 21.8 Å². The van der Waals surface area contributed by atoms with Crippen LogP contribution in [0.25, 0.3) is 5.69 Å². The minimum absolute atomic E-state index is 0.0459. The Labute approximate surface area is 166 Å². The molecule has 5 nitrogen and oxygen atoms in total. The molecule has 3 rings (SSSR count). The number of rotatable bonds is 5. The number of aromatic nitrogens is 2. The Kier molecular flexibility index (Phi) is 5.57. The van der Waals surface area contributed by atoms with Gasteiger partial charge in [0.25, 0.3) is 0 Å². The predicted molar refractivity (Wildman–Crippen MR) is 98.4 cm³/mol. The van der Waals surface area contributed by atoms with E-state index in [9.17, 15) is 23.1 Å². The molecule has 0 radical (unpaired) electrons. The molecule has 1 atom stereocenters. The zero-order valence-electron chi connectivity index (χ0n) is 14.4. The number of benzene rings is 2. The number of nitrogens with zero attached hydrogens (tertiary/aromatic N) is 2. The van der Waals surface area contributed by atoms with Crippen LogP contribution in [0.2, 0.25) is 0 Å². The number of aliphatic hydroxyl groups excluding tert-OH is 1. The van der Waals surface area contributed by atoms with Crippen molar-refractivity contribution >= 4 is 21.7 Å². The second-order valence-electron chi connectivity index (χ2n) is 5.94. The minimum atomic E-state index is -4.82. The monoisotopic (exact) mass is 454 g/mol. The Morgan fingerprint density at radius 2 is 1.86 bits per heavy atom. The van der Waals surface area contributed by atoms with E-state index in [-0.39, 0.29) is 5.56 Å². The van der Waals surface area contributed by atoms with Crippen LogP contribution in [0.5, 0.6) is 5.75 Å². The normalized spacial score (nSPS) is 12.6. The highest BCUT2D eigenvalue weighted by Crippen LogP contribution is 2.29. The highest BCUT2D eigenvalue weighted by Gasteiger charge is 2.31. The summed E-state index contributed by atoms with van der Waals surface area (Å²) < 4.78 is 42.7. The molecule has 1 unspecified atom stereocenters. The van der Waals surface area contributed by atoms with Crippen LogP contribution >= 0.6 is 15.9 Å². The van der Waals surface area contributed by atoms with Crippen LogP contribution in [0.15, 0.2) is 59.2 Å². The Morgan fingerprint density at radius 3 is 2.43 bits per heavy atom. The van der Waals surface area contributed by atoms with E-state index < -0.39 is 24.0 Å². The number of alkyl halides is 3. The van der Waals surface area contributed by atoms with E-state index in [0.717, 1.165) is 17.8 Å². The second kappa shape index (κ2) is 7.76. The summed E-state index contributed by atoms with van der Waals surface area (Å²) in [6.45, 7) is 1.81. The summed E-state index contributed by atoms with van der Waals surface area (Å²) in [6, 6.07) is 11.2. The maximum Gasteiger partial charge on any atom is 0.573 e. The predicted octanol–water partition coefficient (Wildman–Crippen LogP) is 4.76. The van der Waals surface area contributed by atoms with Crippen molar-refractivity contribution in [3.63, 3.8) is 0 Å². The number of hydrogen-bond donors (Lipinski definition) is 1. The Hall–Kier alpha value is -2.65. The van der Waals surface area contributed by atoms with Crippen molar-refractivity contribution in [2.45, 2.75) is 19.4 Å². The van der Waals surface area contributed by atoms with E-state index in [1.165, 1.54) is 16.8 Å². The van der Waals surface area contributed by atoms with Crippen molar-refractivity contribution < 1.29 is 27.8 Å². The van der Waals surface area contributed by atoms with Crippen molar-refractivity contribution in [3.8, 4) is 11.4 Å². The molecule has 1 heterocycles. The van der Waals surface area contributed by atoms with Gasteiger partial charge in [0.2, 0.25) is 0 Å². The van der Waals surface area contributed by atoms with Gasteiger partial charge >= 0.3 is 6.36 Å². The zero-order chi connectivity index (χ0) is 20.5. The molecule has 0 saturated heterocycles. The van der Waals surface area contributed by atoms with E-state index in [1.807, 2.05) is 0 Å². The first kappa shape index (κ1) is 20.1. The summed E-state index contributed by atoms with van der Waals surface area (Å²) in [5, 5.41) is 14.9. The van der Waals surface area contributed by atoms with Crippen molar-refractivity contribution in [1.82, 2.24) is 9.78 Å². The molecule has 28 heavy (non-hydrogen) atoms. The SMILES string of the molecule is Cc1ccn(-c2ccc(Br)cc2C(O)C(=O)c2ccc(OC(F)(F)F)cc2)n1. The largest absolute Gasteiger partial charge is 0.573 e. The van der Waals surface area contributed by atoms with Crippen molar-refractivity contribution in [3.05, 3.63) is 76.0 Å². The minimum Gasteiger partial charge on any atom is -0.406 e. The molecule has 9 heteroatoms. The van der Waals surface area contributed by atoms with Gasteiger partial charge in [0.05, 0.1) is 11.4 Å². The standard InChI is InChI=1S/C19H14BrF3N2O3/c1-11-8-9-25(24-11)16-7-4-13(20)10-15(16)18(27)17(26)12-2-5-14(6-3-12)28-19(21,22)23/h2-10,18,27H,1H3. The number of aryl methyl sites for hydroxylation is 1. The second-order valence-corrected chi connectivity index (χ2v) is 6.86. The van der Waals surface area contributed by atoms with Crippen LogP contribution < -0.4 is 4.74 Å². The van der Waals surface area contributed by atoms with E-state index >= 15 is 0 Å². The first-order valence-electron chi connectivity index (χ1n) is 8.04. The summed E-state index contributed by atoms with van der Waals surface area (Å²) in [7, 11) is 0. The van der Waals surface area contributed by atoms with Crippen molar-refractivity contribution in [2.24, 2.45) is 0 Å². The summed E-state index contributed by atoms with van der Waals surface area (Å²) in [5.41, 5.74) is 1.62. The molecule has 0 aliphatic heterocycles. The zero-order valence-corrected chi connectivity index (χ0v) is 16.0. The molecule has 3 aromatic rings. The maximum absolute atomic E-state index is 12.7. The summed E-state index contributed by atoms with van der Waals surface area (Å²) >= 11 is 3.31. The van der Waals surface area contributed by atoms with Crippen LogP contribution in [-0.4, -0.2) is 27.0 Å². The fourth-order valence-corrected chi connectivity index (χ4v) is 3.00. The van der Waals surface area contributed by atoms with Crippen LogP contribution in [0.4, 0.5) is 13.2 Å². The molecular formula is C19H14BrF3N2O3. The number of Topliss-reactive ketones (excluding diaryl/α,β-unsaturated/α-hetero) is 1. The molecular weight excluding hydrogens is 441 g/mol. The average Bonchev–Trinajstić information content (AvgIpc) is 3.06. The summed E-state index contributed by atoms with van der Waals surface area (Å²) in [4.78, 5) is 12.7. The number of ketones is 1. The molecule has 0 fully saturated rings. The molecule has 0 saturated carbocycles. The van der Waals surface area contributed by atoms with Gasteiger partial charge in [-0.1, -0.05) is 15.9 Å². The lowest BCUT2D eigenvalue weighted by Crippen LogP contribution is -2.17. The molecule has 2 aromatic carbocycles. The van der Waals surface area contributed by atoms with Gasteiger partial charge in [-0.2, -0.15) is 5.10 Å². The fraction of sp³-hybridized carbons (Fsp3) is 0.158. The lowest BCUT2D eigenvalue weighted by molar-refractivity contribution is -0.274. The molecule has 0 spiro atoms. The molecule has 1 aromatic heterocycles. The number of carbonyl (C=O) groups excluding carboxylic acids is 1. The first-order chi connectivity index (χ1) is 13.1. The van der Waals surface area contributed by atoms with Crippen LogP contribution in [0.1, 0.15) is 27.7 Å². The molecule has 0 aliphatic carbocycles. The first-order valence-corrected chi connectivity index (χ1v) is 8.83. The van der Waals surface area contributed by atoms with Gasteiger partial charge in [-0.15, -0.1) is 13.2 Å². The van der Waals surface area contributed by atoms with Gasteiger partial charge < -0.3 is 9.84 Å². The molecule has 146 valence electrons. The Morgan fingerprint density at radius 1 is 1.18 bits per heavy atom. The smallest absolute Gasteiger partial charge is 0.406 e. The van der Waals surface area contributed by atoms with E-state index in [4.69, 9.17) is 0 Å². The third-order valence-corrected chi connectivity index (χ3v) is 4.37. The molecule has 0 aliphatic rings. The summed E-state index contributed by atoms with van der Waals surface area (Å²) in [5.74, 6) is -1.12. The Bertz CT molecular complexity index is 1000. The van der Waals surface area contributed by atoms with Gasteiger partial charge in [-0.25, -0.2) is 4.68 Å². The highest BCUT2D eigenvalue weighted by molar-refractivity contribution is 9.10. The van der Waals surface area contributed by atoms with E-state index in [1.54, 1.807) is 37.4 Å². The maximum atomic E-state index is 12.7. The Balaban J connectivity index is 1.90. The van der Waals surface area contributed by atoms with Crippen molar-refractivity contribution in [2.75, 3.05) is 0 Å². The number of halogens is 4. The van der Waals surface area contributed by atoms with Crippen LogP contribution in [-0.2, 0) is 0 Å². The number of aliphatic hydroxyl groups is 1. The van der Waals surface area contributed by atoms with Gasteiger partial charge in [0.1, 0.15) is 11.9 Å².